The number of aliphatic hydroxyl groups is 3. The summed E-state index contributed by atoms with van der Waals surface area (Å²) in [6.45, 7) is 7.32. The molecule has 200 valence electrons. The van der Waals surface area contributed by atoms with Gasteiger partial charge in [-0.05, 0) is 42.4 Å². The number of hydrogen-bond acceptors (Lipinski definition) is 7. The average Bonchev–Trinajstić information content (AvgIpc) is 3.23. The summed E-state index contributed by atoms with van der Waals surface area (Å²) in [5, 5.41) is 34.1. The molecule has 4 aliphatic rings. The Morgan fingerprint density at radius 1 is 1.19 bits per heavy atom. The van der Waals surface area contributed by atoms with Gasteiger partial charge in [-0.15, -0.1) is 0 Å². The normalized spacial score (nSPS) is 40.4. The number of carbonyl (C=O) groups excluding carboxylic acids is 2. The van der Waals surface area contributed by atoms with Crippen LogP contribution < -0.4 is 5.73 Å². The van der Waals surface area contributed by atoms with Crippen LogP contribution in [0.15, 0.2) is 53.6 Å². The topological polar surface area (TPSA) is 130 Å². The molecule has 1 aromatic carbocycles. The Balaban J connectivity index is 1.44. The van der Waals surface area contributed by atoms with Gasteiger partial charge in [0.1, 0.15) is 11.2 Å². The van der Waals surface area contributed by atoms with E-state index in [9.17, 15) is 24.9 Å². The molecular weight excluding hydrogens is 470 g/mol. The van der Waals surface area contributed by atoms with Crippen molar-refractivity contribution in [1.29, 1.82) is 0 Å². The zero-order chi connectivity index (χ0) is 27.0. The molecule has 4 aliphatic carbocycles. The van der Waals surface area contributed by atoms with Crippen LogP contribution >= 0.6 is 0 Å². The quantitative estimate of drug-likeness (QED) is 0.342. The molecule has 7 nitrogen and oxygen atoms in total. The number of fused-ring (bicyclic) bond motifs is 5. The Bertz CT molecular complexity index is 1170. The van der Waals surface area contributed by atoms with Gasteiger partial charge in [-0.2, -0.15) is 0 Å². The average molecular weight is 510 g/mol. The first kappa shape index (κ1) is 26.3. The van der Waals surface area contributed by atoms with Gasteiger partial charge in [0.2, 0.25) is 0 Å². The van der Waals surface area contributed by atoms with Crippen molar-refractivity contribution in [3.05, 3.63) is 59.2 Å². The number of benzene rings is 1. The Morgan fingerprint density at radius 3 is 2.51 bits per heavy atom. The minimum atomic E-state index is -1.80. The summed E-state index contributed by atoms with van der Waals surface area (Å²) in [4.78, 5) is 26.2. The van der Waals surface area contributed by atoms with Crippen LogP contribution in [0.1, 0.15) is 52.5 Å². The third-order valence-electron chi connectivity index (χ3n) is 9.94. The van der Waals surface area contributed by atoms with Crippen LogP contribution in [0, 0.1) is 29.1 Å². The lowest BCUT2D eigenvalue weighted by Gasteiger charge is -2.50. The highest BCUT2D eigenvalue weighted by Crippen LogP contribution is 2.76. The number of Topliss-reactive ketones (excluding diaryl/α,β-unsaturated/α-hetero) is 1. The van der Waals surface area contributed by atoms with Gasteiger partial charge in [-0.25, -0.2) is 0 Å². The predicted molar refractivity (Wildman–Crippen MR) is 138 cm³/mol. The molecule has 0 aliphatic heterocycles. The molecular formula is C30H39NO6. The molecule has 2 saturated carbocycles. The summed E-state index contributed by atoms with van der Waals surface area (Å²) in [6, 6.07) is 9.41. The van der Waals surface area contributed by atoms with E-state index in [0.29, 0.717) is 24.0 Å². The SMILES string of the molecule is CC1=C[C@H]2[C@@]3(O)[C@H](C)C[C@]4(OC(=O)C[C@@H](N)Cc5ccccc5)[C@H]([C@@H]3C=C(CO)C[C@]2(O)C1=O)C4(C)C. The van der Waals surface area contributed by atoms with Crippen LogP contribution in [0.5, 0.6) is 0 Å². The second-order valence-electron chi connectivity index (χ2n) is 12.5. The zero-order valence-corrected chi connectivity index (χ0v) is 22.1. The Kier molecular flexibility index (Phi) is 6.11. The van der Waals surface area contributed by atoms with Crippen molar-refractivity contribution >= 4 is 11.8 Å². The van der Waals surface area contributed by atoms with Crippen molar-refractivity contribution in [2.75, 3.05) is 6.61 Å². The van der Waals surface area contributed by atoms with Crippen LogP contribution in [0.4, 0.5) is 0 Å². The van der Waals surface area contributed by atoms with Gasteiger partial charge in [0.05, 0.1) is 18.6 Å². The molecule has 0 radical (unpaired) electrons. The van der Waals surface area contributed by atoms with Crippen LogP contribution in [0.25, 0.3) is 0 Å². The van der Waals surface area contributed by atoms with Crippen molar-refractivity contribution in [1.82, 2.24) is 0 Å². The Labute approximate surface area is 218 Å². The summed E-state index contributed by atoms with van der Waals surface area (Å²) in [5.74, 6) is -2.69. The molecule has 37 heavy (non-hydrogen) atoms. The number of rotatable bonds is 6. The molecule has 2 fully saturated rings. The highest BCUT2D eigenvalue weighted by molar-refractivity contribution is 6.04. The minimum Gasteiger partial charge on any atom is -0.458 e. The van der Waals surface area contributed by atoms with E-state index in [1.54, 1.807) is 13.0 Å². The minimum absolute atomic E-state index is 0.0271. The molecule has 0 aromatic heterocycles. The number of esters is 1. The fourth-order valence-corrected chi connectivity index (χ4v) is 8.05. The first-order chi connectivity index (χ1) is 17.3. The second-order valence-corrected chi connectivity index (χ2v) is 12.5. The second kappa shape index (κ2) is 8.60. The molecule has 0 heterocycles. The van der Waals surface area contributed by atoms with Gasteiger partial charge in [-0.1, -0.05) is 63.3 Å². The maximum atomic E-state index is 13.2. The van der Waals surface area contributed by atoms with E-state index in [1.807, 2.05) is 57.2 Å². The number of hydrogen-bond donors (Lipinski definition) is 4. The molecule has 7 heteroatoms. The van der Waals surface area contributed by atoms with Crippen LogP contribution in [-0.4, -0.2) is 56.5 Å². The third-order valence-corrected chi connectivity index (χ3v) is 9.94. The number of ketones is 1. The predicted octanol–water partition coefficient (Wildman–Crippen LogP) is 2.47. The summed E-state index contributed by atoms with van der Waals surface area (Å²) in [6.07, 6.45) is 4.58. The lowest BCUT2D eigenvalue weighted by atomic mass is 9.60. The third kappa shape index (κ3) is 3.69. The first-order valence-corrected chi connectivity index (χ1v) is 13.3. The number of ether oxygens (including phenoxy) is 1. The van der Waals surface area contributed by atoms with E-state index >= 15 is 0 Å². The van der Waals surface area contributed by atoms with Crippen LogP contribution in [-0.2, 0) is 20.7 Å². The summed E-state index contributed by atoms with van der Waals surface area (Å²) in [7, 11) is 0. The molecule has 0 amide bonds. The molecule has 0 spiro atoms. The summed E-state index contributed by atoms with van der Waals surface area (Å²) >= 11 is 0. The number of aliphatic hydroxyl groups excluding tert-OH is 1. The Morgan fingerprint density at radius 2 is 1.86 bits per heavy atom. The van der Waals surface area contributed by atoms with Gasteiger partial charge in [-0.3, -0.25) is 9.59 Å². The van der Waals surface area contributed by atoms with E-state index < -0.39 is 39.8 Å². The molecule has 1 aromatic rings. The Hall–Kier alpha value is -2.32. The van der Waals surface area contributed by atoms with E-state index in [4.69, 9.17) is 10.5 Å². The molecule has 0 bridgehead atoms. The van der Waals surface area contributed by atoms with E-state index in [-0.39, 0.29) is 43.3 Å². The maximum Gasteiger partial charge on any atom is 0.307 e. The van der Waals surface area contributed by atoms with Gasteiger partial charge in [0.15, 0.2) is 5.78 Å². The van der Waals surface area contributed by atoms with Crippen LogP contribution in [0.3, 0.4) is 0 Å². The van der Waals surface area contributed by atoms with Gasteiger partial charge < -0.3 is 25.8 Å². The van der Waals surface area contributed by atoms with Gasteiger partial charge in [0, 0.05) is 35.6 Å². The van der Waals surface area contributed by atoms with Gasteiger partial charge >= 0.3 is 5.97 Å². The maximum absolute atomic E-state index is 13.2. The molecule has 8 atom stereocenters. The van der Waals surface area contributed by atoms with E-state index in [1.165, 1.54) is 0 Å². The monoisotopic (exact) mass is 509 g/mol. The van der Waals surface area contributed by atoms with Crippen molar-refractivity contribution in [2.45, 2.75) is 76.2 Å². The fraction of sp³-hybridized carbons (Fsp3) is 0.600. The smallest absolute Gasteiger partial charge is 0.307 e. The summed E-state index contributed by atoms with van der Waals surface area (Å²) in [5.41, 5.74) is 3.83. The molecule has 0 saturated heterocycles. The molecule has 0 unspecified atom stereocenters. The largest absolute Gasteiger partial charge is 0.458 e. The van der Waals surface area contributed by atoms with Crippen molar-refractivity contribution in [3.63, 3.8) is 0 Å². The van der Waals surface area contributed by atoms with Crippen molar-refractivity contribution in [2.24, 2.45) is 34.8 Å². The van der Waals surface area contributed by atoms with E-state index in [0.717, 1.165) is 5.56 Å². The standard InChI is InChI=1S/C30H39NO6/c1-17-10-23-28(35,26(17)34)15-20(16-32)12-22-25-27(3,4)29(25,14-18(2)30(22,23)36)37-24(33)13-21(31)11-19-8-6-5-7-9-19/h5-10,12,18,21-23,25,32,35-36H,11,13-16,31H2,1-4H3/t18-,21+,22+,23-,25-,28-,29+,30-/m1/s1. The summed E-state index contributed by atoms with van der Waals surface area (Å²) < 4.78 is 6.26. The highest BCUT2D eigenvalue weighted by Gasteiger charge is 2.83. The highest BCUT2D eigenvalue weighted by atomic mass is 16.6. The van der Waals surface area contributed by atoms with Crippen LogP contribution in [0.2, 0.25) is 0 Å². The number of nitrogens with two attached hydrogens (primary N) is 1. The fourth-order valence-electron chi connectivity index (χ4n) is 8.05. The van der Waals surface area contributed by atoms with Gasteiger partial charge in [0.25, 0.3) is 0 Å². The number of carbonyl (C=O) groups is 2. The lowest BCUT2D eigenvalue weighted by Crippen LogP contribution is -2.61. The van der Waals surface area contributed by atoms with Crippen molar-refractivity contribution in [3.8, 4) is 0 Å². The first-order valence-electron chi connectivity index (χ1n) is 13.3. The lowest BCUT2D eigenvalue weighted by molar-refractivity contribution is -0.187. The molecule has 5 N–H and O–H groups in total. The van der Waals surface area contributed by atoms with E-state index in [2.05, 4.69) is 0 Å². The zero-order valence-electron chi connectivity index (χ0n) is 22.1. The molecule has 5 rings (SSSR count). The van der Waals surface area contributed by atoms with Crippen molar-refractivity contribution < 1.29 is 29.6 Å².